The maximum atomic E-state index is 12.8. The fraction of sp³-hybridized carbons (Fsp3) is 0.167. The van der Waals surface area contributed by atoms with Gasteiger partial charge in [0.15, 0.2) is 5.11 Å². The minimum atomic E-state index is -0.384. The van der Waals surface area contributed by atoms with E-state index in [0.29, 0.717) is 29.5 Å². The van der Waals surface area contributed by atoms with Gasteiger partial charge in [-0.25, -0.2) is 4.39 Å². The maximum Gasteiger partial charge on any atom is 0.251 e. The van der Waals surface area contributed by atoms with Crippen LogP contribution in [0.1, 0.15) is 17.3 Å². The van der Waals surface area contributed by atoms with E-state index in [1.165, 1.54) is 31.2 Å². The Morgan fingerprint density at radius 1 is 0.885 bits per heavy atom. The molecule has 0 radical (unpaired) electrons. The van der Waals surface area contributed by atoms with Crippen molar-refractivity contribution < 1.29 is 14.0 Å². The zero-order valence-corrected chi connectivity index (χ0v) is 15.0. The van der Waals surface area contributed by atoms with E-state index in [1.807, 2.05) is 0 Å². The number of benzene rings is 2. The third-order valence-electron chi connectivity index (χ3n) is 3.27. The molecule has 0 aromatic heterocycles. The van der Waals surface area contributed by atoms with Crippen molar-refractivity contribution in [1.29, 1.82) is 0 Å². The third-order valence-corrected chi connectivity index (χ3v) is 3.51. The number of amides is 2. The Morgan fingerprint density at radius 2 is 1.42 bits per heavy atom. The normalized spacial score (nSPS) is 9.92. The van der Waals surface area contributed by atoms with E-state index < -0.39 is 0 Å². The number of carbonyl (C=O) groups excluding carboxylic acids is 2. The Hall–Kier alpha value is -3.00. The Bertz CT molecular complexity index is 779. The number of anilines is 2. The van der Waals surface area contributed by atoms with Crippen molar-refractivity contribution >= 4 is 40.5 Å². The van der Waals surface area contributed by atoms with Gasteiger partial charge in [0.25, 0.3) is 5.91 Å². The van der Waals surface area contributed by atoms with E-state index >= 15 is 0 Å². The number of halogens is 1. The van der Waals surface area contributed by atoms with Crippen LogP contribution in [0.2, 0.25) is 0 Å². The van der Waals surface area contributed by atoms with Gasteiger partial charge in [-0.1, -0.05) is 0 Å². The summed E-state index contributed by atoms with van der Waals surface area (Å²) < 4.78 is 12.8. The first-order valence-corrected chi connectivity index (χ1v) is 8.31. The molecule has 0 atom stereocenters. The fourth-order valence-corrected chi connectivity index (χ4v) is 2.29. The maximum absolute atomic E-state index is 12.8. The van der Waals surface area contributed by atoms with Crippen molar-refractivity contribution in [3.8, 4) is 0 Å². The molecule has 2 aromatic rings. The van der Waals surface area contributed by atoms with Crippen LogP contribution in [0, 0.1) is 5.82 Å². The van der Waals surface area contributed by atoms with E-state index in [0.717, 1.165) is 5.69 Å². The van der Waals surface area contributed by atoms with E-state index in [4.69, 9.17) is 12.2 Å². The van der Waals surface area contributed by atoms with Gasteiger partial charge in [0.2, 0.25) is 5.91 Å². The molecule has 2 aromatic carbocycles. The molecule has 0 saturated carbocycles. The summed E-state index contributed by atoms with van der Waals surface area (Å²) in [5.74, 6) is -0.797. The molecule has 0 fully saturated rings. The molecule has 2 amide bonds. The Morgan fingerprint density at radius 3 is 2.00 bits per heavy atom. The zero-order valence-electron chi connectivity index (χ0n) is 14.1. The Labute approximate surface area is 156 Å². The molecular weight excluding hydrogens is 355 g/mol. The molecule has 136 valence electrons. The minimum absolute atomic E-state index is 0.134. The highest BCUT2D eigenvalue weighted by Gasteiger charge is 2.05. The average molecular weight is 374 g/mol. The van der Waals surface area contributed by atoms with Crippen LogP contribution in [0.4, 0.5) is 15.8 Å². The number of rotatable bonds is 6. The van der Waals surface area contributed by atoms with Gasteiger partial charge in [-0.2, -0.15) is 0 Å². The van der Waals surface area contributed by atoms with Crippen molar-refractivity contribution in [2.75, 3.05) is 23.7 Å². The molecule has 4 N–H and O–H groups in total. The molecule has 0 saturated heterocycles. The predicted molar refractivity (Wildman–Crippen MR) is 104 cm³/mol. The summed E-state index contributed by atoms with van der Waals surface area (Å²) in [4.78, 5) is 22.8. The largest absolute Gasteiger partial charge is 0.361 e. The molecule has 8 heteroatoms. The van der Waals surface area contributed by atoms with Gasteiger partial charge in [-0.05, 0) is 60.7 Å². The molecule has 0 aliphatic heterocycles. The molecule has 0 unspecified atom stereocenters. The molecule has 0 spiro atoms. The SMILES string of the molecule is CC(=O)Nc1ccc(NC(=S)NCCNC(=O)c2ccc(F)cc2)cc1. The van der Waals surface area contributed by atoms with Crippen LogP contribution in [-0.2, 0) is 4.79 Å². The number of hydrogen-bond donors (Lipinski definition) is 4. The lowest BCUT2D eigenvalue weighted by molar-refractivity contribution is -0.114. The summed E-state index contributed by atoms with van der Waals surface area (Å²) in [5.41, 5.74) is 1.86. The van der Waals surface area contributed by atoms with Gasteiger partial charge in [0, 0.05) is 37.0 Å². The van der Waals surface area contributed by atoms with Crippen molar-refractivity contribution in [3.63, 3.8) is 0 Å². The van der Waals surface area contributed by atoms with Gasteiger partial charge in [-0.3, -0.25) is 9.59 Å². The van der Waals surface area contributed by atoms with Crippen LogP contribution < -0.4 is 21.3 Å². The summed E-state index contributed by atoms with van der Waals surface area (Å²) in [5, 5.41) is 11.8. The van der Waals surface area contributed by atoms with Crippen molar-refractivity contribution in [1.82, 2.24) is 10.6 Å². The topological polar surface area (TPSA) is 82.3 Å². The highest BCUT2D eigenvalue weighted by atomic mass is 32.1. The highest BCUT2D eigenvalue weighted by molar-refractivity contribution is 7.80. The predicted octanol–water partition coefficient (Wildman–Crippen LogP) is 2.50. The molecule has 0 aliphatic rings. The lowest BCUT2D eigenvalue weighted by atomic mass is 10.2. The van der Waals surface area contributed by atoms with E-state index in [-0.39, 0.29) is 17.6 Å². The lowest BCUT2D eigenvalue weighted by Crippen LogP contribution is -2.36. The number of carbonyl (C=O) groups is 2. The van der Waals surface area contributed by atoms with Crippen LogP contribution in [0.5, 0.6) is 0 Å². The minimum Gasteiger partial charge on any atom is -0.361 e. The lowest BCUT2D eigenvalue weighted by Gasteiger charge is -2.12. The second kappa shape index (κ2) is 9.47. The van der Waals surface area contributed by atoms with E-state index in [1.54, 1.807) is 24.3 Å². The smallest absolute Gasteiger partial charge is 0.251 e. The Kier molecular flexibility index (Phi) is 7.04. The van der Waals surface area contributed by atoms with Crippen molar-refractivity contribution in [2.45, 2.75) is 6.92 Å². The number of hydrogen-bond acceptors (Lipinski definition) is 3. The van der Waals surface area contributed by atoms with Gasteiger partial charge in [-0.15, -0.1) is 0 Å². The summed E-state index contributed by atoms with van der Waals surface area (Å²) in [6.07, 6.45) is 0. The van der Waals surface area contributed by atoms with Crippen molar-refractivity contribution in [3.05, 3.63) is 59.9 Å². The first kappa shape index (κ1) is 19.3. The third kappa shape index (κ3) is 6.48. The molecule has 0 aliphatic carbocycles. The van der Waals surface area contributed by atoms with Crippen LogP contribution in [-0.4, -0.2) is 30.0 Å². The monoisotopic (exact) mass is 374 g/mol. The quantitative estimate of drug-likeness (QED) is 0.461. The first-order valence-electron chi connectivity index (χ1n) is 7.90. The summed E-state index contributed by atoms with van der Waals surface area (Å²) >= 11 is 5.18. The van der Waals surface area contributed by atoms with Gasteiger partial charge in [0.05, 0.1) is 0 Å². The van der Waals surface area contributed by atoms with Crippen LogP contribution in [0.25, 0.3) is 0 Å². The molecule has 2 rings (SSSR count). The van der Waals surface area contributed by atoms with Crippen LogP contribution >= 0.6 is 12.2 Å². The molecule has 6 nitrogen and oxygen atoms in total. The zero-order chi connectivity index (χ0) is 18.9. The Balaban J connectivity index is 1.69. The van der Waals surface area contributed by atoms with E-state index in [9.17, 15) is 14.0 Å². The molecule has 0 heterocycles. The average Bonchev–Trinajstić information content (AvgIpc) is 2.60. The molecule has 26 heavy (non-hydrogen) atoms. The van der Waals surface area contributed by atoms with Crippen molar-refractivity contribution in [2.24, 2.45) is 0 Å². The number of thiocarbonyl (C=S) groups is 1. The standard InChI is InChI=1S/C18H19FN4O2S/c1-12(24)22-15-6-8-16(9-7-15)23-18(26)21-11-10-20-17(25)13-2-4-14(19)5-3-13/h2-9H,10-11H2,1H3,(H,20,25)(H,22,24)(H2,21,23,26). The van der Waals surface area contributed by atoms with Crippen LogP contribution in [0.15, 0.2) is 48.5 Å². The highest BCUT2D eigenvalue weighted by Crippen LogP contribution is 2.13. The molecule has 0 bridgehead atoms. The molecular formula is C18H19FN4O2S. The van der Waals surface area contributed by atoms with Gasteiger partial charge < -0.3 is 21.3 Å². The number of nitrogens with one attached hydrogen (secondary N) is 4. The summed E-state index contributed by atoms with van der Waals surface area (Å²) in [6, 6.07) is 12.4. The second-order valence-corrected chi connectivity index (χ2v) is 5.81. The summed E-state index contributed by atoms with van der Waals surface area (Å²) in [7, 11) is 0. The van der Waals surface area contributed by atoms with Crippen LogP contribution in [0.3, 0.4) is 0 Å². The van der Waals surface area contributed by atoms with Gasteiger partial charge >= 0.3 is 0 Å². The summed E-state index contributed by atoms with van der Waals surface area (Å²) in [6.45, 7) is 2.24. The van der Waals surface area contributed by atoms with E-state index in [2.05, 4.69) is 21.3 Å². The van der Waals surface area contributed by atoms with Gasteiger partial charge in [0.1, 0.15) is 5.82 Å². The first-order chi connectivity index (χ1) is 12.4. The fourth-order valence-electron chi connectivity index (χ4n) is 2.07. The second-order valence-electron chi connectivity index (χ2n) is 5.40.